The maximum absolute atomic E-state index is 13.0. The molecule has 0 bridgehead atoms. The Morgan fingerprint density at radius 3 is 0.756 bits per heavy atom. The molecule has 82 heavy (non-hydrogen) atoms. The van der Waals surface area contributed by atoms with Crippen LogP contribution in [0.5, 0.6) is 0 Å². The highest BCUT2D eigenvalue weighted by Gasteiger charge is 2.19. The van der Waals surface area contributed by atoms with E-state index in [2.05, 4.69) is 130 Å². The molecule has 470 valence electrons. The quantitative estimate of drug-likeness (QED) is 0.0261. The normalized spacial score (nSPS) is 12.8. The molecular formula is C76H130O6. The van der Waals surface area contributed by atoms with Crippen molar-refractivity contribution >= 4 is 17.9 Å². The molecule has 0 aromatic heterocycles. The van der Waals surface area contributed by atoms with Gasteiger partial charge in [-0.2, -0.15) is 0 Å². The fourth-order valence-electron chi connectivity index (χ4n) is 9.81. The number of esters is 3. The van der Waals surface area contributed by atoms with Gasteiger partial charge in [0.25, 0.3) is 0 Å². The molecule has 0 saturated heterocycles. The lowest BCUT2D eigenvalue weighted by molar-refractivity contribution is -0.167. The molecular weight excluding hydrogens is 1010 g/mol. The van der Waals surface area contributed by atoms with E-state index in [0.29, 0.717) is 19.3 Å². The minimum absolute atomic E-state index is 0.0885. The molecule has 1 unspecified atom stereocenters. The second-order valence-corrected chi connectivity index (χ2v) is 23.1. The first kappa shape index (κ1) is 78.1. The minimum Gasteiger partial charge on any atom is -0.462 e. The molecule has 0 aliphatic rings. The third kappa shape index (κ3) is 66.9. The van der Waals surface area contributed by atoms with E-state index >= 15 is 0 Å². The van der Waals surface area contributed by atoms with E-state index < -0.39 is 6.10 Å². The molecule has 1 atom stereocenters. The summed E-state index contributed by atoms with van der Waals surface area (Å²) in [6.45, 7) is 6.53. The molecule has 0 aliphatic heterocycles. The molecule has 6 nitrogen and oxygen atoms in total. The fourth-order valence-corrected chi connectivity index (χ4v) is 9.81. The molecule has 0 N–H and O–H groups in total. The summed E-state index contributed by atoms with van der Waals surface area (Å²) in [5, 5.41) is 0. The summed E-state index contributed by atoms with van der Waals surface area (Å²) < 4.78 is 17.0. The zero-order valence-corrected chi connectivity index (χ0v) is 54.0. The molecule has 0 heterocycles. The Balaban J connectivity index is 4.45. The van der Waals surface area contributed by atoms with Gasteiger partial charge in [-0.05, 0) is 109 Å². The monoisotopic (exact) mass is 1140 g/mol. The van der Waals surface area contributed by atoms with Crippen molar-refractivity contribution in [3.63, 3.8) is 0 Å². The maximum Gasteiger partial charge on any atom is 0.306 e. The number of carbonyl (C=O) groups is 3. The van der Waals surface area contributed by atoms with Crippen LogP contribution in [-0.4, -0.2) is 37.2 Å². The van der Waals surface area contributed by atoms with Crippen LogP contribution < -0.4 is 0 Å². The number of hydrogen-bond acceptors (Lipinski definition) is 6. The van der Waals surface area contributed by atoms with Crippen molar-refractivity contribution in [2.75, 3.05) is 13.2 Å². The molecule has 0 saturated carbocycles. The number of unbranched alkanes of at least 4 members (excludes halogenated alkanes) is 34. The predicted molar refractivity (Wildman–Crippen MR) is 357 cm³/mol. The molecule has 0 spiro atoms. The summed E-state index contributed by atoms with van der Waals surface area (Å²) in [6, 6.07) is 0. The van der Waals surface area contributed by atoms with Crippen molar-refractivity contribution < 1.29 is 28.6 Å². The van der Waals surface area contributed by atoms with Crippen LogP contribution in [0, 0.1) is 0 Å². The second-order valence-electron chi connectivity index (χ2n) is 23.1. The van der Waals surface area contributed by atoms with E-state index in [1.54, 1.807) is 0 Å². The highest BCUT2D eigenvalue weighted by atomic mass is 16.6. The van der Waals surface area contributed by atoms with Crippen LogP contribution >= 0.6 is 0 Å². The van der Waals surface area contributed by atoms with E-state index in [1.807, 2.05) is 0 Å². The van der Waals surface area contributed by atoms with Crippen molar-refractivity contribution in [1.29, 1.82) is 0 Å². The van der Waals surface area contributed by atoms with Crippen molar-refractivity contribution in [2.24, 2.45) is 0 Å². The van der Waals surface area contributed by atoms with E-state index in [0.717, 1.165) is 116 Å². The van der Waals surface area contributed by atoms with Crippen LogP contribution in [0.2, 0.25) is 0 Å². The minimum atomic E-state index is -0.797. The molecule has 0 aliphatic carbocycles. The van der Waals surface area contributed by atoms with Crippen LogP contribution in [0.4, 0.5) is 0 Å². The smallest absolute Gasteiger partial charge is 0.306 e. The fraction of sp³-hybridized carbons (Fsp3) is 0.724. The lowest BCUT2D eigenvalue weighted by atomic mass is 10.0. The van der Waals surface area contributed by atoms with Gasteiger partial charge >= 0.3 is 17.9 Å². The topological polar surface area (TPSA) is 78.9 Å². The van der Waals surface area contributed by atoms with Gasteiger partial charge in [-0.1, -0.05) is 316 Å². The first-order valence-electron chi connectivity index (χ1n) is 34.9. The number of rotatable bonds is 63. The van der Waals surface area contributed by atoms with Gasteiger partial charge < -0.3 is 14.2 Å². The van der Waals surface area contributed by atoms with Crippen LogP contribution in [0.25, 0.3) is 0 Å². The van der Waals surface area contributed by atoms with Gasteiger partial charge in [-0.15, -0.1) is 0 Å². The third-order valence-corrected chi connectivity index (χ3v) is 15.0. The molecule has 0 rings (SSSR count). The van der Waals surface area contributed by atoms with Gasteiger partial charge in [0.1, 0.15) is 13.2 Å². The SMILES string of the molecule is CC/C=C\C/C=C\C/C=C\C/C=C\C/C=C\C/C=C\C/C=C\CCCCCC(=O)OCC(COC(=O)CCCCCCCCCCCCCCCCCCCC)OC(=O)CCCCCCCCCCC/C=C\C/C=C\CCCCCCC. The lowest BCUT2D eigenvalue weighted by Gasteiger charge is -2.18. The van der Waals surface area contributed by atoms with E-state index in [1.165, 1.54) is 180 Å². The number of carbonyl (C=O) groups excluding carboxylic acids is 3. The van der Waals surface area contributed by atoms with E-state index in [-0.39, 0.29) is 31.1 Å². The zero-order valence-electron chi connectivity index (χ0n) is 54.0. The highest BCUT2D eigenvalue weighted by molar-refractivity contribution is 5.71. The van der Waals surface area contributed by atoms with Gasteiger partial charge in [0.2, 0.25) is 0 Å². The first-order valence-corrected chi connectivity index (χ1v) is 34.9. The van der Waals surface area contributed by atoms with Gasteiger partial charge in [-0.3, -0.25) is 14.4 Å². The Labute approximate surface area is 508 Å². The zero-order chi connectivity index (χ0) is 59.2. The Bertz CT molecular complexity index is 1640. The summed E-state index contributed by atoms with van der Waals surface area (Å²) in [6.07, 6.45) is 95.3. The number of ether oxygens (including phenoxy) is 3. The molecule has 0 aromatic carbocycles. The molecule has 0 amide bonds. The summed E-state index contributed by atoms with van der Waals surface area (Å²) in [4.78, 5) is 38.5. The Kier molecular flexibility index (Phi) is 66.2. The van der Waals surface area contributed by atoms with Crippen molar-refractivity contribution in [3.05, 3.63) is 109 Å². The maximum atomic E-state index is 13.0. The van der Waals surface area contributed by atoms with E-state index in [9.17, 15) is 14.4 Å². The Morgan fingerprint density at radius 1 is 0.256 bits per heavy atom. The average Bonchev–Trinajstić information content (AvgIpc) is 3.47. The summed E-state index contributed by atoms with van der Waals surface area (Å²) in [7, 11) is 0. The molecule has 0 fully saturated rings. The number of hydrogen-bond donors (Lipinski definition) is 0. The second kappa shape index (κ2) is 69.6. The highest BCUT2D eigenvalue weighted by Crippen LogP contribution is 2.17. The molecule has 6 heteroatoms. The van der Waals surface area contributed by atoms with Gasteiger partial charge in [0, 0.05) is 19.3 Å². The van der Waals surface area contributed by atoms with Crippen LogP contribution in [0.3, 0.4) is 0 Å². The molecule has 0 aromatic rings. The lowest BCUT2D eigenvalue weighted by Crippen LogP contribution is -2.30. The van der Waals surface area contributed by atoms with Gasteiger partial charge in [-0.25, -0.2) is 0 Å². The summed E-state index contributed by atoms with van der Waals surface area (Å²) >= 11 is 0. The third-order valence-electron chi connectivity index (χ3n) is 15.0. The summed E-state index contributed by atoms with van der Waals surface area (Å²) in [5.74, 6) is -0.912. The number of allylic oxidation sites excluding steroid dienone is 18. The van der Waals surface area contributed by atoms with Gasteiger partial charge in [0.05, 0.1) is 0 Å². The standard InChI is InChI=1S/C76H130O6/c1-4-7-10-13-16-19-22-25-28-31-34-36-37-38-39-41-42-45-48-51-54-57-60-63-66-69-75(78)81-72-73(71-80-74(77)68-65-62-59-56-53-50-47-44-33-30-27-24-21-18-15-12-9-6-3)82-76(79)70-67-64-61-58-55-52-49-46-43-40-35-32-29-26-23-20-17-14-11-8-5-2/h7,10,16,19,23,25-26,28,32,34-36,38-39,42,45,51,54,73H,4-6,8-9,11-15,17-18,20-22,24,27,29-31,33,37,40-41,43-44,46-50,52-53,55-72H2,1-3H3/b10-7-,19-16-,26-23-,28-25-,35-32-,36-34-,39-38-,45-42-,54-51-. The average molecular weight is 1140 g/mol. The summed E-state index contributed by atoms with van der Waals surface area (Å²) in [5.41, 5.74) is 0. The van der Waals surface area contributed by atoms with Crippen LogP contribution in [-0.2, 0) is 28.6 Å². The van der Waals surface area contributed by atoms with Crippen LogP contribution in [0.1, 0.15) is 335 Å². The van der Waals surface area contributed by atoms with E-state index in [4.69, 9.17) is 14.2 Å². The largest absolute Gasteiger partial charge is 0.462 e. The van der Waals surface area contributed by atoms with Crippen LogP contribution in [0.15, 0.2) is 109 Å². The predicted octanol–water partition coefficient (Wildman–Crippen LogP) is 24.2. The van der Waals surface area contributed by atoms with Gasteiger partial charge in [0.15, 0.2) is 6.10 Å². The van der Waals surface area contributed by atoms with Crippen molar-refractivity contribution in [2.45, 2.75) is 341 Å². The van der Waals surface area contributed by atoms with Crippen molar-refractivity contribution in [1.82, 2.24) is 0 Å². The van der Waals surface area contributed by atoms with Crippen molar-refractivity contribution in [3.8, 4) is 0 Å². The molecule has 0 radical (unpaired) electrons. The Morgan fingerprint density at radius 2 is 0.476 bits per heavy atom. The first-order chi connectivity index (χ1) is 40.5. The Hall–Kier alpha value is -3.93.